The van der Waals surface area contributed by atoms with E-state index in [1.807, 2.05) is 6.08 Å². The minimum Gasteiger partial charge on any atom is -0.478 e. The number of ether oxygens (including phenoxy) is 1. The van der Waals surface area contributed by atoms with Crippen LogP contribution in [0.5, 0.6) is 5.88 Å². The fourth-order valence-corrected chi connectivity index (χ4v) is 1.00. The van der Waals surface area contributed by atoms with Gasteiger partial charge in [0.15, 0.2) is 0 Å². The Kier molecular flexibility index (Phi) is 5.22. The molecule has 0 amide bonds. The molecule has 15 heavy (non-hydrogen) atoms. The Balaban J connectivity index is 2.46. The van der Waals surface area contributed by atoms with Gasteiger partial charge in [-0.15, -0.1) is 6.58 Å². The first kappa shape index (κ1) is 11.5. The molecule has 0 unspecified atom stereocenters. The molecule has 0 aromatic carbocycles. The molecule has 0 aliphatic heterocycles. The second-order valence-corrected chi connectivity index (χ2v) is 3.07. The number of nitrogens with zero attached hydrogens (tertiary/aromatic N) is 2. The van der Waals surface area contributed by atoms with E-state index in [-0.39, 0.29) is 0 Å². The van der Waals surface area contributed by atoms with Gasteiger partial charge in [-0.05, 0) is 12.8 Å². The van der Waals surface area contributed by atoms with Gasteiger partial charge >= 0.3 is 0 Å². The summed E-state index contributed by atoms with van der Waals surface area (Å²) in [6, 6.07) is 1.76. The summed E-state index contributed by atoms with van der Waals surface area (Å²) in [5.74, 6) is 1.22. The Morgan fingerprint density at radius 1 is 1.60 bits per heavy atom. The number of hydrogen-bond donors (Lipinski definition) is 1. The van der Waals surface area contributed by atoms with E-state index in [1.54, 1.807) is 12.3 Å². The van der Waals surface area contributed by atoms with Crippen molar-refractivity contribution in [3.8, 4) is 5.88 Å². The quantitative estimate of drug-likeness (QED) is 0.550. The molecule has 0 aliphatic carbocycles. The Bertz CT molecular complexity index is 302. The maximum atomic E-state index is 5.39. The predicted octanol–water partition coefficient (Wildman–Crippen LogP) is 2.25. The minimum atomic E-state index is 0.602. The SMILES string of the molecule is C=CCCNc1nccc(OCCC)n1. The van der Waals surface area contributed by atoms with Gasteiger partial charge in [-0.1, -0.05) is 13.0 Å². The molecule has 82 valence electrons. The van der Waals surface area contributed by atoms with Crippen LogP contribution >= 0.6 is 0 Å². The fraction of sp³-hybridized carbons (Fsp3) is 0.455. The molecule has 1 rings (SSSR count). The van der Waals surface area contributed by atoms with Crippen molar-refractivity contribution >= 4 is 5.95 Å². The van der Waals surface area contributed by atoms with E-state index in [0.717, 1.165) is 19.4 Å². The van der Waals surface area contributed by atoms with E-state index < -0.39 is 0 Å². The highest BCUT2D eigenvalue weighted by Crippen LogP contribution is 2.08. The highest BCUT2D eigenvalue weighted by Gasteiger charge is 1.98. The Morgan fingerprint density at radius 2 is 2.47 bits per heavy atom. The minimum absolute atomic E-state index is 0.602. The summed E-state index contributed by atoms with van der Waals surface area (Å²) in [6.45, 7) is 7.18. The normalized spacial score (nSPS) is 9.67. The molecule has 1 aromatic rings. The van der Waals surface area contributed by atoms with Crippen LogP contribution in [0.4, 0.5) is 5.95 Å². The van der Waals surface area contributed by atoms with Crippen LogP contribution in [0.1, 0.15) is 19.8 Å². The number of nitrogens with one attached hydrogen (secondary N) is 1. The highest BCUT2D eigenvalue weighted by molar-refractivity contribution is 5.27. The molecule has 0 fully saturated rings. The van der Waals surface area contributed by atoms with E-state index in [2.05, 4.69) is 28.8 Å². The van der Waals surface area contributed by atoms with Gasteiger partial charge in [-0.25, -0.2) is 4.98 Å². The van der Waals surface area contributed by atoms with Crippen molar-refractivity contribution in [2.45, 2.75) is 19.8 Å². The van der Waals surface area contributed by atoms with Gasteiger partial charge in [0.25, 0.3) is 0 Å². The largest absolute Gasteiger partial charge is 0.478 e. The molecule has 0 saturated heterocycles. The molecule has 0 bridgehead atoms. The zero-order chi connectivity index (χ0) is 10.9. The number of aromatic nitrogens is 2. The van der Waals surface area contributed by atoms with Crippen LogP contribution in [0.2, 0.25) is 0 Å². The molecule has 0 radical (unpaired) electrons. The van der Waals surface area contributed by atoms with Crippen LogP contribution in [0.15, 0.2) is 24.9 Å². The van der Waals surface area contributed by atoms with Crippen molar-refractivity contribution in [2.75, 3.05) is 18.5 Å². The van der Waals surface area contributed by atoms with Crippen LogP contribution in [0.3, 0.4) is 0 Å². The van der Waals surface area contributed by atoms with E-state index in [1.165, 1.54) is 0 Å². The van der Waals surface area contributed by atoms with Crippen LogP contribution in [0.25, 0.3) is 0 Å². The van der Waals surface area contributed by atoms with E-state index in [9.17, 15) is 0 Å². The second-order valence-electron chi connectivity index (χ2n) is 3.07. The van der Waals surface area contributed by atoms with Gasteiger partial charge in [0, 0.05) is 18.8 Å². The van der Waals surface area contributed by atoms with Gasteiger partial charge in [0.2, 0.25) is 11.8 Å². The van der Waals surface area contributed by atoms with Crippen LogP contribution in [-0.2, 0) is 0 Å². The van der Waals surface area contributed by atoms with E-state index >= 15 is 0 Å². The lowest BCUT2D eigenvalue weighted by Crippen LogP contribution is -2.05. The van der Waals surface area contributed by atoms with Crippen LogP contribution < -0.4 is 10.1 Å². The van der Waals surface area contributed by atoms with Gasteiger partial charge in [-0.3, -0.25) is 0 Å². The lowest BCUT2D eigenvalue weighted by atomic mass is 10.4. The molecule has 0 atom stereocenters. The third kappa shape index (κ3) is 4.44. The van der Waals surface area contributed by atoms with Crippen molar-refractivity contribution < 1.29 is 4.74 Å². The smallest absolute Gasteiger partial charge is 0.225 e. The molecule has 0 aliphatic rings. The maximum Gasteiger partial charge on any atom is 0.225 e. The highest BCUT2D eigenvalue weighted by atomic mass is 16.5. The van der Waals surface area contributed by atoms with Crippen LogP contribution in [-0.4, -0.2) is 23.1 Å². The summed E-state index contributed by atoms with van der Waals surface area (Å²) < 4.78 is 5.39. The third-order valence-corrected chi connectivity index (χ3v) is 1.72. The van der Waals surface area contributed by atoms with Crippen molar-refractivity contribution in [1.29, 1.82) is 0 Å². The summed E-state index contributed by atoms with van der Waals surface area (Å²) in [5, 5.41) is 3.09. The number of anilines is 1. The topological polar surface area (TPSA) is 47.0 Å². The molecular weight excluding hydrogens is 190 g/mol. The Labute approximate surface area is 90.4 Å². The van der Waals surface area contributed by atoms with Crippen molar-refractivity contribution in [3.05, 3.63) is 24.9 Å². The molecule has 4 nitrogen and oxygen atoms in total. The molecule has 0 saturated carbocycles. The van der Waals surface area contributed by atoms with Gasteiger partial charge < -0.3 is 10.1 Å². The summed E-state index contributed by atoms with van der Waals surface area (Å²) in [7, 11) is 0. The third-order valence-electron chi connectivity index (χ3n) is 1.72. The molecule has 1 N–H and O–H groups in total. The zero-order valence-corrected chi connectivity index (χ0v) is 9.07. The lowest BCUT2D eigenvalue weighted by molar-refractivity contribution is 0.305. The summed E-state index contributed by atoms with van der Waals surface area (Å²) in [5.41, 5.74) is 0. The molecule has 0 spiro atoms. The first-order valence-corrected chi connectivity index (χ1v) is 5.17. The van der Waals surface area contributed by atoms with Gasteiger partial charge in [-0.2, -0.15) is 4.98 Å². The molecular formula is C11H17N3O. The summed E-state index contributed by atoms with van der Waals surface area (Å²) in [6.07, 6.45) is 5.41. The molecule has 4 heteroatoms. The monoisotopic (exact) mass is 207 g/mol. The number of rotatable bonds is 7. The first-order valence-electron chi connectivity index (χ1n) is 5.17. The van der Waals surface area contributed by atoms with Crippen LogP contribution in [0, 0.1) is 0 Å². The van der Waals surface area contributed by atoms with Gasteiger partial charge in [0.1, 0.15) is 0 Å². The number of hydrogen-bond acceptors (Lipinski definition) is 4. The standard InChI is InChI=1S/C11H17N3O/c1-3-5-7-12-11-13-8-6-10(14-11)15-9-4-2/h3,6,8H,1,4-5,7,9H2,2H3,(H,12,13,14). The van der Waals surface area contributed by atoms with Crippen molar-refractivity contribution in [2.24, 2.45) is 0 Å². The Hall–Kier alpha value is -1.58. The van der Waals surface area contributed by atoms with Crippen molar-refractivity contribution in [1.82, 2.24) is 9.97 Å². The molecule has 1 aromatic heterocycles. The lowest BCUT2D eigenvalue weighted by Gasteiger charge is -2.05. The Morgan fingerprint density at radius 3 is 3.20 bits per heavy atom. The van der Waals surface area contributed by atoms with Gasteiger partial charge in [0.05, 0.1) is 6.61 Å². The average Bonchev–Trinajstić information content (AvgIpc) is 2.27. The fourth-order valence-electron chi connectivity index (χ4n) is 1.00. The molecule has 1 heterocycles. The summed E-state index contributed by atoms with van der Waals surface area (Å²) in [4.78, 5) is 8.29. The van der Waals surface area contributed by atoms with E-state index in [4.69, 9.17) is 4.74 Å². The predicted molar refractivity (Wildman–Crippen MR) is 61.1 cm³/mol. The average molecular weight is 207 g/mol. The van der Waals surface area contributed by atoms with Crippen molar-refractivity contribution in [3.63, 3.8) is 0 Å². The zero-order valence-electron chi connectivity index (χ0n) is 9.07. The maximum absolute atomic E-state index is 5.39. The van der Waals surface area contributed by atoms with E-state index in [0.29, 0.717) is 18.4 Å². The first-order chi connectivity index (χ1) is 7.36. The second kappa shape index (κ2) is 6.81. The summed E-state index contributed by atoms with van der Waals surface area (Å²) >= 11 is 0.